The van der Waals surface area contributed by atoms with E-state index in [4.69, 9.17) is 5.73 Å². The van der Waals surface area contributed by atoms with Crippen LogP contribution in [-0.2, 0) is 12.8 Å². The van der Waals surface area contributed by atoms with E-state index in [0.717, 1.165) is 31.6 Å². The van der Waals surface area contributed by atoms with Gasteiger partial charge in [0.1, 0.15) is 0 Å². The highest BCUT2D eigenvalue weighted by molar-refractivity contribution is 5.83. The third kappa shape index (κ3) is 2.20. The maximum atomic E-state index is 5.97. The molecule has 1 atom stereocenters. The Morgan fingerprint density at radius 3 is 2.87 bits per heavy atom. The van der Waals surface area contributed by atoms with Gasteiger partial charge < -0.3 is 5.73 Å². The van der Waals surface area contributed by atoms with Crippen molar-refractivity contribution in [1.29, 1.82) is 0 Å². The van der Waals surface area contributed by atoms with Crippen LogP contribution in [0.15, 0.2) is 29.3 Å². The lowest BCUT2D eigenvalue weighted by atomic mass is 9.83. The Morgan fingerprint density at radius 1 is 1.40 bits per heavy atom. The molecule has 0 saturated heterocycles. The molecule has 2 rings (SSSR count). The van der Waals surface area contributed by atoms with E-state index in [-0.39, 0.29) is 0 Å². The quantitative estimate of drug-likeness (QED) is 0.579. The first-order valence-electron chi connectivity index (χ1n) is 5.68. The van der Waals surface area contributed by atoms with Crippen molar-refractivity contribution < 1.29 is 0 Å². The second kappa shape index (κ2) is 4.47. The number of nitrogens with two attached hydrogens (primary N) is 1. The maximum absolute atomic E-state index is 5.97. The van der Waals surface area contributed by atoms with Crippen molar-refractivity contribution in [2.45, 2.75) is 26.2 Å². The Morgan fingerprint density at radius 2 is 2.13 bits per heavy atom. The highest BCUT2D eigenvalue weighted by Gasteiger charge is 2.20. The zero-order chi connectivity index (χ0) is 10.7. The normalized spacial score (nSPS) is 21.1. The van der Waals surface area contributed by atoms with E-state index in [1.165, 1.54) is 11.1 Å². The van der Waals surface area contributed by atoms with E-state index in [1.54, 1.807) is 0 Å². The Balaban J connectivity index is 2.15. The van der Waals surface area contributed by atoms with E-state index in [2.05, 4.69) is 29.3 Å². The predicted molar refractivity (Wildman–Crippen MR) is 64.1 cm³/mol. The van der Waals surface area contributed by atoms with Crippen LogP contribution >= 0.6 is 0 Å². The van der Waals surface area contributed by atoms with E-state index in [9.17, 15) is 0 Å². The molecule has 15 heavy (non-hydrogen) atoms. The van der Waals surface area contributed by atoms with Gasteiger partial charge in [0.15, 0.2) is 0 Å². The highest BCUT2D eigenvalue weighted by atomic mass is 14.9. The molecule has 0 spiro atoms. The fraction of sp³-hybridized carbons (Fsp3) is 0.462. The van der Waals surface area contributed by atoms with Gasteiger partial charge >= 0.3 is 0 Å². The van der Waals surface area contributed by atoms with Crippen LogP contribution in [0, 0.1) is 5.92 Å². The molecular formula is C13H18N2. The van der Waals surface area contributed by atoms with Gasteiger partial charge in [-0.3, -0.25) is 4.99 Å². The second-order valence-corrected chi connectivity index (χ2v) is 4.11. The first-order chi connectivity index (χ1) is 7.31. The average molecular weight is 202 g/mol. The van der Waals surface area contributed by atoms with Crippen LogP contribution in [-0.4, -0.2) is 12.4 Å². The smallest absolute Gasteiger partial charge is 0.0971 e. The molecule has 2 heteroatoms. The van der Waals surface area contributed by atoms with Crippen LogP contribution in [0.1, 0.15) is 24.5 Å². The van der Waals surface area contributed by atoms with E-state index >= 15 is 0 Å². The standard InChI is InChI=1S/C13H18N2/c1-2-15-13(14)12-8-7-10-5-3-4-6-11(10)9-12/h3-6,12H,2,7-9H2,1H3,(H2,14,15). The Kier molecular flexibility index (Phi) is 3.05. The van der Waals surface area contributed by atoms with Crippen LogP contribution in [0.25, 0.3) is 0 Å². The van der Waals surface area contributed by atoms with Crippen molar-refractivity contribution in [3.8, 4) is 0 Å². The minimum absolute atomic E-state index is 0.458. The summed E-state index contributed by atoms with van der Waals surface area (Å²) in [6, 6.07) is 8.65. The number of rotatable bonds is 2. The van der Waals surface area contributed by atoms with Crippen molar-refractivity contribution in [3.05, 3.63) is 35.4 Å². The Labute approximate surface area is 91.2 Å². The number of hydrogen-bond donors (Lipinski definition) is 1. The van der Waals surface area contributed by atoms with Gasteiger partial charge in [0.05, 0.1) is 5.84 Å². The number of nitrogens with zero attached hydrogens (tertiary/aromatic N) is 1. The molecule has 1 unspecified atom stereocenters. The summed E-state index contributed by atoms with van der Waals surface area (Å²) in [5.74, 6) is 1.30. The van der Waals surface area contributed by atoms with Gasteiger partial charge in [0, 0.05) is 12.5 Å². The average Bonchev–Trinajstić information content (AvgIpc) is 2.29. The zero-order valence-corrected chi connectivity index (χ0v) is 9.24. The van der Waals surface area contributed by atoms with Crippen molar-refractivity contribution >= 4 is 5.84 Å². The predicted octanol–water partition coefficient (Wildman–Crippen LogP) is 2.17. The molecule has 0 aliphatic heterocycles. The topological polar surface area (TPSA) is 38.4 Å². The van der Waals surface area contributed by atoms with Gasteiger partial charge in [-0.25, -0.2) is 0 Å². The third-order valence-corrected chi connectivity index (χ3v) is 3.11. The van der Waals surface area contributed by atoms with Crippen LogP contribution in [0.3, 0.4) is 0 Å². The Hall–Kier alpha value is -1.31. The minimum atomic E-state index is 0.458. The summed E-state index contributed by atoms with van der Waals surface area (Å²) < 4.78 is 0. The molecule has 1 aromatic carbocycles. The SMILES string of the molecule is CCN=C(N)C1CCc2ccccc2C1. The monoisotopic (exact) mass is 202 g/mol. The molecule has 0 radical (unpaired) electrons. The molecule has 1 aliphatic rings. The largest absolute Gasteiger partial charge is 0.387 e. The fourth-order valence-corrected chi connectivity index (χ4v) is 2.26. The van der Waals surface area contributed by atoms with Crippen molar-refractivity contribution in [1.82, 2.24) is 0 Å². The van der Waals surface area contributed by atoms with Crippen molar-refractivity contribution in [2.24, 2.45) is 16.6 Å². The molecule has 2 N–H and O–H groups in total. The summed E-state index contributed by atoms with van der Waals surface area (Å²) >= 11 is 0. The van der Waals surface area contributed by atoms with E-state index in [1.807, 2.05) is 6.92 Å². The number of benzene rings is 1. The van der Waals surface area contributed by atoms with Gasteiger partial charge in [0.2, 0.25) is 0 Å². The maximum Gasteiger partial charge on any atom is 0.0971 e. The second-order valence-electron chi connectivity index (χ2n) is 4.11. The number of aryl methyl sites for hydroxylation is 1. The highest BCUT2D eigenvalue weighted by Crippen LogP contribution is 2.25. The third-order valence-electron chi connectivity index (χ3n) is 3.11. The van der Waals surface area contributed by atoms with Crippen LogP contribution in [0.4, 0.5) is 0 Å². The molecule has 80 valence electrons. The summed E-state index contributed by atoms with van der Waals surface area (Å²) in [6.07, 6.45) is 3.35. The first kappa shape index (κ1) is 10.2. The minimum Gasteiger partial charge on any atom is -0.387 e. The molecule has 2 nitrogen and oxygen atoms in total. The summed E-state index contributed by atoms with van der Waals surface area (Å²) in [5.41, 5.74) is 8.90. The summed E-state index contributed by atoms with van der Waals surface area (Å²) in [7, 11) is 0. The summed E-state index contributed by atoms with van der Waals surface area (Å²) in [5, 5.41) is 0. The van der Waals surface area contributed by atoms with Gasteiger partial charge in [0.25, 0.3) is 0 Å². The summed E-state index contributed by atoms with van der Waals surface area (Å²) in [4.78, 5) is 4.32. The lowest BCUT2D eigenvalue weighted by Crippen LogP contribution is -2.29. The molecule has 0 bridgehead atoms. The molecule has 1 aliphatic carbocycles. The van der Waals surface area contributed by atoms with E-state index in [0.29, 0.717) is 5.92 Å². The van der Waals surface area contributed by atoms with E-state index < -0.39 is 0 Å². The van der Waals surface area contributed by atoms with Gasteiger partial charge in [-0.2, -0.15) is 0 Å². The summed E-state index contributed by atoms with van der Waals surface area (Å²) in [6.45, 7) is 2.83. The first-order valence-corrected chi connectivity index (χ1v) is 5.68. The molecular weight excluding hydrogens is 184 g/mol. The molecule has 0 saturated carbocycles. The van der Waals surface area contributed by atoms with Crippen LogP contribution in [0.5, 0.6) is 0 Å². The molecule has 0 amide bonds. The number of aliphatic imine (C=N–C) groups is 1. The number of hydrogen-bond acceptors (Lipinski definition) is 1. The molecule has 1 aromatic rings. The van der Waals surface area contributed by atoms with Crippen molar-refractivity contribution in [2.75, 3.05) is 6.54 Å². The van der Waals surface area contributed by atoms with Gasteiger partial charge in [-0.15, -0.1) is 0 Å². The molecule has 0 aromatic heterocycles. The lowest BCUT2D eigenvalue weighted by Gasteiger charge is -2.24. The van der Waals surface area contributed by atoms with Gasteiger partial charge in [-0.05, 0) is 37.3 Å². The van der Waals surface area contributed by atoms with Crippen molar-refractivity contribution in [3.63, 3.8) is 0 Å². The van der Waals surface area contributed by atoms with Crippen LogP contribution in [0.2, 0.25) is 0 Å². The number of fused-ring (bicyclic) bond motifs is 1. The number of amidine groups is 1. The lowest BCUT2D eigenvalue weighted by molar-refractivity contribution is 0.578. The Bertz CT molecular complexity index is 369. The fourth-order valence-electron chi connectivity index (χ4n) is 2.26. The molecule has 0 heterocycles. The van der Waals surface area contributed by atoms with Gasteiger partial charge in [-0.1, -0.05) is 24.3 Å². The van der Waals surface area contributed by atoms with Crippen LogP contribution < -0.4 is 5.73 Å². The zero-order valence-electron chi connectivity index (χ0n) is 9.24. The molecule has 0 fully saturated rings.